The maximum atomic E-state index is 10.6. The SMILES string of the molecule is CCOC(=O)/C(=C/N)[N+](=O)[O-]. The third-order valence-electron chi connectivity index (χ3n) is 0.839. The van der Waals surface area contributed by atoms with E-state index in [9.17, 15) is 14.9 Å². The lowest BCUT2D eigenvalue weighted by Gasteiger charge is -1.96. The molecule has 62 valence electrons. The molecule has 0 aliphatic rings. The molecule has 0 aromatic carbocycles. The Morgan fingerprint density at radius 2 is 2.36 bits per heavy atom. The molecule has 0 amide bonds. The summed E-state index contributed by atoms with van der Waals surface area (Å²) in [7, 11) is 0. The van der Waals surface area contributed by atoms with Crippen molar-refractivity contribution in [2.75, 3.05) is 6.61 Å². The minimum absolute atomic E-state index is 0.0873. The maximum Gasteiger partial charge on any atom is 0.411 e. The first-order valence-electron chi connectivity index (χ1n) is 2.86. The lowest BCUT2D eigenvalue weighted by molar-refractivity contribution is -0.421. The third-order valence-corrected chi connectivity index (χ3v) is 0.839. The van der Waals surface area contributed by atoms with Gasteiger partial charge in [-0.2, -0.15) is 0 Å². The zero-order valence-corrected chi connectivity index (χ0v) is 5.94. The molecule has 0 spiro atoms. The summed E-state index contributed by atoms with van der Waals surface area (Å²) in [5, 5.41) is 10.0. The fourth-order valence-electron chi connectivity index (χ4n) is 0.408. The molecule has 0 aliphatic heterocycles. The van der Waals surface area contributed by atoms with Crippen LogP contribution in [0.2, 0.25) is 0 Å². The summed E-state index contributed by atoms with van der Waals surface area (Å²) < 4.78 is 4.33. The number of ether oxygens (including phenoxy) is 1. The maximum absolute atomic E-state index is 10.6. The molecule has 11 heavy (non-hydrogen) atoms. The molecule has 0 radical (unpaired) electrons. The van der Waals surface area contributed by atoms with Crippen molar-refractivity contribution in [1.82, 2.24) is 0 Å². The first kappa shape index (κ1) is 9.41. The molecule has 0 aromatic rings. The molecule has 0 aliphatic carbocycles. The van der Waals surface area contributed by atoms with Crippen molar-refractivity contribution >= 4 is 5.97 Å². The largest absolute Gasteiger partial charge is 0.458 e. The molecule has 2 N–H and O–H groups in total. The van der Waals surface area contributed by atoms with Gasteiger partial charge in [0, 0.05) is 0 Å². The minimum Gasteiger partial charge on any atom is -0.458 e. The number of hydrogen-bond donors (Lipinski definition) is 1. The highest BCUT2D eigenvalue weighted by molar-refractivity contribution is 5.85. The van der Waals surface area contributed by atoms with Crippen LogP contribution in [0.5, 0.6) is 0 Å². The van der Waals surface area contributed by atoms with Crippen LogP contribution in [-0.4, -0.2) is 17.5 Å². The predicted octanol–water partition coefficient (Wildman–Crippen LogP) is -0.374. The Bertz CT molecular complexity index is 199. The molecular weight excluding hydrogens is 152 g/mol. The van der Waals surface area contributed by atoms with Crippen molar-refractivity contribution in [2.24, 2.45) is 5.73 Å². The van der Waals surface area contributed by atoms with Gasteiger partial charge < -0.3 is 10.5 Å². The number of carbonyl (C=O) groups excluding carboxylic acids is 1. The molecule has 0 unspecified atom stereocenters. The quantitative estimate of drug-likeness (QED) is 0.263. The molecular formula is C5H8N2O4. The first-order valence-corrected chi connectivity index (χ1v) is 2.86. The standard InChI is InChI=1S/C5H8N2O4/c1-2-11-5(8)4(3-6)7(9)10/h3H,2,6H2,1H3/b4-3-. The van der Waals surface area contributed by atoms with Crippen LogP contribution in [0.1, 0.15) is 6.92 Å². The number of hydrogen-bond acceptors (Lipinski definition) is 5. The van der Waals surface area contributed by atoms with Crippen molar-refractivity contribution in [1.29, 1.82) is 0 Å². The molecule has 0 fully saturated rings. The fourth-order valence-corrected chi connectivity index (χ4v) is 0.408. The Balaban J connectivity index is 4.29. The average Bonchev–Trinajstić information content (AvgIpc) is 1.88. The summed E-state index contributed by atoms with van der Waals surface area (Å²) in [4.78, 5) is 19.7. The van der Waals surface area contributed by atoms with Crippen molar-refractivity contribution in [3.63, 3.8) is 0 Å². The van der Waals surface area contributed by atoms with Crippen LogP contribution in [-0.2, 0) is 9.53 Å². The lowest BCUT2D eigenvalue weighted by Crippen LogP contribution is -2.15. The molecule has 0 heterocycles. The average molecular weight is 160 g/mol. The molecule has 0 bridgehead atoms. The number of nitrogens with zero attached hydrogens (tertiary/aromatic N) is 1. The Labute approximate surface area is 62.8 Å². The van der Waals surface area contributed by atoms with Gasteiger partial charge in [0.2, 0.25) is 0 Å². The van der Waals surface area contributed by atoms with Gasteiger partial charge in [-0.05, 0) is 6.92 Å². The second kappa shape index (κ2) is 4.26. The van der Waals surface area contributed by atoms with Gasteiger partial charge in [-0.1, -0.05) is 0 Å². The van der Waals surface area contributed by atoms with Gasteiger partial charge >= 0.3 is 11.7 Å². The van der Waals surface area contributed by atoms with Gasteiger partial charge in [0.1, 0.15) is 0 Å². The number of carbonyl (C=O) groups is 1. The predicted molar refractivity (Wildman–Crippen MR) is 35.9 cm³/mol. The van der Waals surface area contributed by atoms with Crippen LogP contribution in [0.15, 0.2) is 11.9 Å². The molecule has 0 rings (SSSR count). The highest BCUT2D eigenvalue weighted by Crippen LogP contribution is 1.95. The lowest BCUT2D eigenvalue weighted by atomic mass is 10.5. The van der Waals surface area contributed by atoms with Crippen LogP contribution >= 0.6 is 0 Å². The molecule has 6 heteroatoms. The van der Waals surface area contributed by atoms with Crippen LogP contribution in [0.3, 0.4) is 0 Å². The second-order valence-corrected chi connectivity index (χ2v) is 1.53. The molecule has 0 saturated carbocycles. The second-order valence-electron chi connectivity index (χ2n) is 1.53. The third kappa shape index (κ3) is 2.65. The fraction of sp³-hybridized carbons (Fsp3) is 0.400. The number of nitrogens with two attached hydrogens (primary N) is 1. The Morgan fingerprint density at radius 3 is 2.64 bits per heavy atom. The normalized spacial score (nSPS) is 10.8. The van der Waals surface area contributed by atoms with Crippen LogP contribution in [0.4, 0.5) is 0 Å². The van der Waals surface area contributed by atoms with E-state index in [0.717, 1.165) is 0 Å². The van der Waals surface area contributed by atoms with Gasteiger partial charge in [0.05, 0.1) is 17.7 Å². The summed E-state index contributed by atoms with van der Waals surface area (Å²) >= 11 is 0. The summed E-state index contributed by atoms with van der Waals surface area (Å²) in [5.74, 6) is -1.01. The van der Waals surface area contributed by atoms with Crippen LogP contribution < -0.4 is 5.73 Å². The van der Waals surface area contributed by atoms with Crippen molar-refractivity contribution < 1.29 is 14.5 Å². The van der Waals surface area contributed by atoms with Crippen molar-refractivity contribution in [3.05, 3.63) is 22.0 Å². The van der Waals surface area contributed by atoms with Gasteiger partial charge in [0.15, 0.2) is 0 Å². The van der Waals surface area contributed by atoms with E-state index < -0.39 is 16.6 Å². The Morgan fingerprint density at radius 1 is 1.82 bits per heavy atom. The molecule has 0 saturated heterocycles. The van der Waals surface area contributed by atoms with Gasteiger partial charge in [-0.3, -0.25) is 10.1 Å². The molecule has 0 aromatic heterocycles. The topological polar surface area (TPSA) is 95.5 Å². The molecule has 6 nitrogen and oxygen atoms in total. The Hall–Kier alpha value is -1.59. The van der Waals surface area contributed by atoms with Crippen LogP contribution in [0.25, 0.3) is 0 Å². The van der Waals surface area contributed by atoms with Gasteiger partial charge in [-0.25, -0.2) is 4.79 Å². The van der Waals surface area contributed by atoms with E-state index in [0.29, 0.717) is 6.20 Å². The monoisotopic (exact) mass is 160 g/mol. The smallest absolute Gasteiger partial charge is 0.411 e. The van der Waals surface area contributed by atoms with Gasteiger partial charge in [0.25, 0.3) is 0 Å². The zero-order valence-electron chi connectivity index (χ0n) is 5.94. The van der Waals surface area contributed by atoms with E-state index in [1.54, 1.807) is 6.92 Å². The van der Waals surface area contributed by atoms with E-state index in [-0.39, 0.29) is 6.61 Å². The minimum atomic E-state index is -1.01. The van der Waals surface area contributed by atoms with Gasteiger partial charge in [-0.15, -0.1) is 0 Å². The van der Waals surface area contributed by atoms with Crippen molar-refractivity contribution in [2.45, 2.75) is 6.92 Å². The zero-order chi connectivity index (χ0) is 8.85. The highest BCUT2D eigenvalue weighted by Gasteiger charge is 2.21. The summed E-state index contributed by atoms with van der Waals surface area (Å²) in [5.41, 5.74) is 4.06. The van der Waals surface area contributed by atoms with E-state index >= 15 is 0 Å². The summed E-state index contributed by atoms with van der Waals surface area (Å²) in [6.45, 7) is 1.63. The Kier molecular flexibility index (Phi) is 3.65. The first-order chi connectivity index (χ1) is 5.13. The van der Waals surface area contributed by atoms with Crippen LogP contribution in [0, 0.1) is 10.1 Å². The van der Waals surface area contributed by atoms with E-state index in [4.69, 9.17) is 5.73 Å². The number of esters is 1. The van der Waals surface area contributed by atoms with E-state index in [2.05, 4.69) is 4.74 Å². The van der Waals surface area contributed by atoms with E-state index in [1.807, 2.05) is 0 Å². The molecule has 0 atom stereocenters. The number of nitro groups is 1. The number of rotatable bonds is 3. The highest BCUT2D eigenvalue weighted by atomic mass is 16.6. The summed E-state index contributed by atoms with van der Waals surface area (Å²) in [6.07, 6.45) is 0.609. The van der Waals surface area contributed by atoms with Crippen molar-refractivity contribution in [3.8, 4) is 0 Å². The summed E-state index contributed by atoms with van der Waals surface area (Å²) in [6, 6.07) is 0. The van der Waals surface area contributed by atoms with E-state index in [1.165, 1.54) is 0 Å².